The molecule has 1 unspecified atom stereocenters. The van der Waals surface area contributed by atoms with Crippen molar-refractivity contribution in [3.05, 3.63) is 11.6 Å². The number of rotatable bonds is 10. The Morgan fingerprint density at radius 1 is 0.606 bits per heavy atom. The Balaban J connectivity index is 1.06. The molecule has 0 radical (unpaired) electrons. The van der Waals surface area contributed by atoms with Crippen LogP contribution in [-0.2, 0) is 33.2 Å². The fourth-order valence-corrected chi connectivity index (χ4v) is 15.2. The molecule has 18 heteroatoms. The van der Waals surface area contributed by atoms with E-state index in [1.165, 1.54) is 5.57 Å². The van der Waals surface area contributed by atoms with Gasteiger partial charge in [0.1, 0.15) is 73.2 Å². The summed E-state index contributed by atoms with van der Waals surface area (Å²) in [4.78, 5) is 13.2. The predicted octanol–water partition coefficient (Wildman–Crippen LogP) is 0.706. The van der Waals surface area contributed by atoms with Crippen molar-refractivity contribution < 1.29 is 89.4 Å². The van der Waals surface area contributed by atoms with Crippen LogP contribution in [0, 0.1) is 50.2 Å². The number of aliphatic hydroxyl groups is 10. The summed E-state index contributed by atoms with van der Waals surface area (Å²) in [6.07, 6.45) is -15.1. The fourth-order valence-electron chi connectivity index (χ4n) is 15.2. The molecule has 11 N–H and O–H groups in total. The van der Waals surface area contributed by atoms with Gasteiger partial charge in [0.15, 0.2) is 18.9 Å². The fraction of sp³-hybridized carbons (Fsp3) is 0.938. The van der Waals surface area contributed by atoms with E-state index in [0.717, 1.165) is 44.9 Å². The van der Waals surface area contributed by atoms with E-state index in [1.54, 1.807) is 0 Å². The van der Waals surface area contributed by atoms with Crippen LogP contribution >= 0.6 is 0 Å². The van der Waals surface area contributed by atoms with Gasteiger partial charge in [-0.3, -0.25) is 4.79 Å². The Kier molecular flexibility index (Phi) is 13.9. The normalized spacial score (nSPS) is 53.3. The Morgan fingerprint density at radius 2 is 1.14 bits per heavy atom. The molecule has 7 fully saturated rings. The number of carboxylic acid groups (broad SMARTS) is 1. The van der Waals surface area contributed by atoms with E-state index in [0.29, 0.717) is 25.2 Å². The molecule has 3 aliphatic heterocycles. The van der Waals surface area contributed by atoms with Crippen molar-refractivity contribution in [2.45, 2.75) is 211 Å². The maximum absolute atomic E-state index is 13.2. The van der Waals surface area contributed by atoms with E-state index in [9.17, 15) is 61.0 Å². The first-order valence-corrected chi connectivity index (χ1v) is 24.3. The molecule has 3 saturated heterocycles. The molecular formula is C48H78O18. The van der Waals surface area contributed by atoms with E-state index >= 15 is 0 Å². The van der Waals surface area contributed by atoms with Gasteiger partial charge in [0.2, 0.25) is 0 Å². The monoisotopic (exact) mass is 943 g/mol. The second-order valence-corrected chi connectivity index (χ2v) is 23.5. The molecule has 8 aliphatic rings. The minimum absolute atomic E-state index is 0.00164. The molecule has 8 rings (SSSR count). The highest BCUT2D eigenvalue weighted by Gasteiger charge is 2.70. The maximum Gasteiger partial charge on any atom is 0.310 e. The molecule has 5 aliphatic carbocycles. The average molecular weight is 943 g/mol. The van der Waals surface area contributed by atoms with E-state index in [4.69, 9.17) is 28.4 Å². The van der Waals surface area contributed by atoms with Crippen molar-refractivity contribution in [1.29, 1.82) is 0 Å². The predicted molar refractivity (Wildman–Crippen MR) is 231 cm³/mol. The highest BCUT2D eigenvalue weighted by molar-refractivity contribution is 5.76. The lowest BCUT2D eigenvalue weighted by Gasteiger charge is -2.71. The lowest BCUT2D eigenvalue weighted by molar-refractivity contribution is -0.393. The lowest BCUT2D eigenvalue weighted by Crippen LogP contribution is -2.68. The summed E-state index contributed by atoms with van der Waals surface area (Å²) in [7, 11) is 0. The van der Waals surface area contributed by atoms with E-state index in [-0.39, 0.29) is 33.5 Å². The van der Waals surface area contributed by atoms with Gasteiger partial charge in [-0.25, -0.2) is 0 Å². The smallest absolute Gasteiger partial charge is 0.310 e. The van der Waals surface area contributed by atoms with Crippen molar-refractivity contribution in [1.82, 2.24) is 0 Å². The van der Waals surface area contributed by atoms with Crippen molar-refractivity contribution in [2.24, 2.45) is 50.2 Å². The number of allylic oxidation sites excluding steroid dienone is 2. The summed E-state index contributed by atoms with van der Waals surface area (Å²) < 4.78 is 36.6. The first-order valence-electron chi connectivity index (χ1n) is 24.3. The number of hydrogen-bond donors (Lipinski definition) is 11. The van der Waals surface area contributed by atoms with Gasteiger partial charge in [-0.05, 0) is 109 Å². The van der Waals surface area contributed by atoms with Crippen LogP contribution in [0.5, 0.6) is 0 Å². The van der Waals surface area contributed by atoms with Crippen LogP contribution in [0.2, 0.25) is 0 Å². The summed E-state index contributed by atoms with van der Waals surface area (Å²) in [5, 5.41) is 118. The molecule has 0 aromatic carbocycles. The Bertz CT molecular complexity index is 1790. The number of ether oxygens (including phenoxy) is 6. The zero-order valence-corrected chi connectivity index (χ0v) is 39.5. The van der Waals surface area contributed by atoms with Gasteiger partial charge >= 0.3 is 5.97 Å². The van der Waals surface area contributed by atoms with Gasteiger partial charge in [0.05, 0.1) is 31.3 Å². The average Bonchev–Trinajstić information content (AvgIpc) is 3.26. The molecule has 0 aromatic heterocycles. The highest BCUT2D eigenvalue weighted by Crippen LogP contribution is 2.76. The topological polar surface area (TPSA) is 295 Å². The van der Waals surface area contributed by atoms with E-state index < -0.39 is 135 Å². The number of aliphatic hydroxyl groups excluding tert-OH is 10. The van der Waals surface area contributed by atoms with Gasteiger partial charge in [0, 0.05) is 0 Å². The van der Waals surface area contributed by atoms with Gasteiger partial charge in [-0.2, -0.15) is 0 Å². The molecule has 3 heterocycles. The number of fused-ring (bicyclic) bond motifs is 7. The number of carboxylic acids is 1. The Morgan fingerprint density at radius 3 is 1.70 bits per heavy atom. The molecule has 18 nitrogen and oxygen atoms in total. The lowest BCUT2D eigenvalue weighted by atomic mass is 9.33. The maximum atomic E-state index is 13.2. The van der Waals surface area contributed by atoms with Crippen LogP contribution in [0.15, 0.2) is 11.6 Å². The molecule has 66 heavy (non-hydrogen) atoms. The summed E-state index contributed by atoms with van der Waals surface area (Å²) in [5.41, 5.74) is -0.183. The first-order chi connectivity index (χ1) is 30.9. The van der Waals surface area contributed by atoms with Crippen LogP contribution in [0.25, 0.3) is 0 Å². The third-order valence-corrected chi connectivity index (χ3v) is 19.4. The quantitative estimate of drug-likeness (QED) is 0.106. The summed E-state index contributed by atoms with van der Waals surface area (Å²) in [6.45, 7) is 13.9. The zero-order valence-electron chi connectivity index (χ0n) is 39.5. The molecule has 0 spiro atoms. The van der Waals surface area contributed by atoms with Crippen molar-refractivity contribution in [3.63, 3.8) is 0 Å². The Hall–Kier alpha value is -1.43. The molecule has 378 valence electrons. The number of aliphatic carboxylic acids is 1. The summed E-state index contributed by atoms with van der Waals surface area (Å²) in [5.74, 6) is -0.191. The van der Waals surface area contributed by atoms with Crippen LogP contribution < -0.4 is 0 Å². The first kappa shape index (κ1) is 50.9. The third-order valence-electron chi connectivity index (χ3n) is 19.4. The van der Waals surface area contributed by atoms with Gasteiger partial charge < -0.3 is 84.6 Å². The zero-order chi connectivity index (χ0) is 48.3. The number of carbonyl (C=O) groups is 1. The molecule has 23 atom stereocenters. The van der Waals surface area contributed by atoms with Crippen molar-refractivity contribution in [3.8, 4) is 0 Å². The third kappa shape index (κ3) is 7.87. The largest absolute Gasteiger partial charge is 0.481 e. The molecule has 4 saturated carbocycles. The van der Waals surface area contributed by atoms with Gasteiger partial charge in [0.25, 0.3) is 0 Å². The van der Waals surface area contributed by atoms with Crippen LogP contribution in [0.3, 0.4) is 0 Å². The van der Waals surface area contributed by atoms with Crippen LogP contribution in [0.4, 0.5) is 0 Å². The summed E-state index contributed by atoms with van der Waals surface area (Å²) >= 11 is 0. The van der Waals surface area contributed by atoms with Gasteiger partial charge in [-0.1, -0.05) is 60.1 Å². The molecular weight excluding hydrogens is 865 g/mol. The SMILES string of the molecule is CC1(C)CC[C@]2(C(=O)O)CC[C@]3(C)C(=CC[C@@H]4[C@@]5(C)CC[C@H](O[C@@H]6O[C@H](CO)[C@@H](O[C@@H]7O[C@H](CO)[C@@H](O)[C@H](O)[C@H]7O)[C@H](O[C@@H]7O[C@H](CO)[C@H](O)[C@H](O)[C@H]7O)[C@H]6O)C(C)(C)[C@@H]5CC[C@]43C)C2C1. The van der Waals surface area contributed by atoms with Crippen molar-refractivity contribution >= 4 is 5.97 Å². The van der Waals surface area contributed by atoms with Crippen LogP contribution in [-0.4, -0.2) is 180 Å². The second-order valence-electron chi connectivity index (χ2n) is 23.5. The molecule has 0 bridgehead atoms. The van der Waals surface area contributed by atoms with Crippen molar-refractivity contribution in [2.75, 3.05) is 19.8 Å². The van der Waals surface area contributed by atoms with Gasteiger partial charge in [-0.15, -0.1) is 0 Å². The van der Waals surface area contributed by atoms with Crippen LogP contribution in [0.1, 0.15) is 113 Å². The second kappa shape index (κ2) is 18.0. The Labute approximate surface area is 387 Å². The molecule has 0 aromatic rings. The number of hydrogen-bond acceptors (Lipinski definition) is 17. The van der Waals surface area contributed by atoms with E-state index in [2.05, 4.69) is 54.5 Å². The molecule has 0 amide bonds. The minimum atomic E-state index is -1.90. The summed E-state index contributed by atoms with van der Waals surface area (Å²) in [6, 6.07) is 0. The van der Waals surface area contributed by atoms with E-state index in [1.807, 2.05) is 0 Å². The standard InChI is InChI=1S/C48H78O18/c1-43(2)14-16-48(42(59)60)17-15-46(6)22(23(48)18-43)8-9-28-45(5)12-11-29(44(3,4)27(45)10-13-47(28,46)7)64-41-36(58)38(66-40-35(57)33(55)31(53)25(20-50)62-40)37(26(21-51)63-41)65-39-34(56)32(54)30(52)24(19-49)61-39/h8,23-41,49-58H,9-21H2,1-7H3,(H,59,60)/t23?,24-,25-,26-,27+,28-,29+,30-,31+,32+,33+,34-,35-,36-,37-,38-,39+,40+,41+,45+,46-,47-,48+/m1/s1. The highest BCUT2D eigenvalue weighted by atomic mass is 16.8. The minimum Gasteiger partial charge on any atom is -0.481 e.